The second kappa shape index (κ2) is 4.56. The number of benzene rings is 1. The Balaban J connectivity index is 2.91. The first-order valence-electron chi connectivity index (χ1n) is 5.14. The molecule has 0 aliphatic heterocycles. The minimum atomic E-state index is -3.50. The van der Waals surface area contributed by atoms with Crippen LogP contribution in [0.15, 0.2) is 24.3 Å². The number of ketones is 1. The lowest BCUT2D eigenvalue weighted by atomic mass is 10.1. The van der Waals surface area contributed by atoms with E-state index in [1.807, 2.05) is 0 Å². The molecule has 0 N–H and O–H groups in total. The van der Waals surface area contributed by atoms with E-state index in [9.17, 15) is 17.6 Å². The van der Waals surface area contributed by atoms with E-state index in [0.29, 0.717) is 0 Å². The molecule has 0 spiro atoms. The molecule has 0 saturated carbocycles. The van der Waals surface area contributed by atoms with Crippen molar-refractivity contribution >= 4 is 15.6 Å². The molecule has 0 radical (unpaired) electrons. The fourth-order valence-electron chi connectivity index (χ4n) is 1.11. The van der Waals surface area contributed by atoms with Crippen LogP contribution in [0.2, 0.25) is 0 Å². The number of Topliss-reactive ketones (excluding diaryl/α,β-unsaturated/α-hetero) is 1. The van der Waals surface area contributed by atoms with Crippen LogP contribution in [0.25, 0.3) is 0 Å². The van der Waals surface area contributed by atoms with Gasteiger partial charge in [-0.3, -0.25) is 4.79 Å². The molecule has 5 heteroatoms. The zero-order chi connectivity index (χ0) is 13.3. The average Bonchev–Trinajstić information content (AvgIpc) is 2.16. The van der Waals surface area contributed by atoms with E-state index in [0.717, 1.165) is 12.1 Å². The topological polar surface area (TPSA) is 51.2 Å². The van der Waals surface area contributed by atoms with E-state index in [4.69, 9.17) is 0 Å². The van der Waals surface area contributed by atoms with Gasteiger partial charge in [0, 0.05) is 5.56 Å². The van der Waals surface area contributed by atoms with Gasteiger partial charge in [0.05, 0.1) is 4.75 Å². The molecule has 0 unspecified atom stereocenters. The van der Waals surface area contributed by atoms with Crippen molar-refractivity contribution in [2.24, 2.45) is 0 Å². The van der Waals surface area contributed by atoms with Crippen LogP contribution >= 0.6 is 0 Å². The van der Waals surface area contributed by atoms with Gasteiger partial charge in [0.2, 0.25) is 0 Å². The van der Waals surface area contributed by atoms with Crippen LogP contribution in [0.4, 0.5) is 4.39 Å². The summed E-state index contributed by atoms with van der Waals surface area (Å²) >= 11 is 0. The maximum Gasteiger partial charge on any atom is 0.177 e. The Kier molecular flexibility index (Phi) is 3.71. The highest BCUT2D eigenvalue weighted by Gasteiger charge is 2.31. The highest BCUT2D eigenvalue weighted by Crippen LogP contribution is 2.17. The molecule has 1 aromatic rings. The number of sulfone groups is 1. The number of hydrogen-bond donors (Lipinski definition) is 0. The average molecular weight is 258 g/mol. The van der Waals surface area contributed by atoms with Crippen LogP contribution in [0.3, 0.4) is 0 Å². The summed E-state index contributed by atoms with van der Waals surface area (Å²) in [5.74, 6) is -1.53. The molecule has 1 aromatic carbocycles. The van der Waals surface area contributed by atoms with Crippen molar-refractivity contribution < 1.29 is 17.6 Å². The number of hydrogen-bond acceptors (Lipinski definition) is 3. The molecule has 1 rings (SSSR count). The number of halogens is 1. The third kappa shape index (κ3) is 3.36. The molecule has 0 saturated heterocycles. The van der Waals surface area contributed by atoms with Crippen LogP contribution in [0.1, 0.15) is 31.1 Å². The quantitative estimate of drug-likeness (QED) is 0.781. The van der Waals surface area contributed by atoms with Gasteiger partial charge >= 0.3 is 0 Å². The standard InChI is InChI=1S/C12H15FO3S/c1-12(2,3)17(15,16)8-11(14)9-4-6-10(13)7-5-9/h4-7H,8H2,1-3H3. The molecule has 17 heavy (non-hydrogen) atoms. The van der Waals surface area contributed by atoms with E-state index in [2.05, 4.69) is 0 Å². The second-order valence-corrected chi connectivity index (χ2v) is 7.54. The molecule has 0 aliphatic rings. The molecular formula is C12H15FO3S. The van der Waals surface area contributed by atoms with Crippen molar-refractivity contribution in [3.63, 3.8) is 0 Å². The maximum absolute atomic E-state index is 12.6. The van der Waals surface area contributed by atoms with Gasteiger partial charge in [-0.15, -0.1) is 0 Å². The summed E-state index contributed by atoms with van der Waals surface area (Å²) in [4.78, 5) is 11.7. The van der Waals surface area contributed by atoms with E-state index < -0.39 is 31.9 Å². The van der Waals surface area contributed by atoms with Crippen LogP contribution in [-0.4, -0.2) is 24.7 Å². The Bertz CT molecular complexity index is 510. The Morgan fingerprint density at radius 1 is 1.18 bits per heavy atom. The molecule has 0 amide bonds. The lowest BCUT2D eigenvalue weighted by molar-refractivity contribution is 0.102. The molecule has 0 fully saturated rings. The van der Waals surface area contributed by atoms with Crippen molar-refractivity contribution in [3.8, 4) is 0 Å². The molecule has 3 nitrogen and oxygen atoms in total. The van der Waals surface area contributed by atoms with Crippen molar-refractivity contribution in [3.05, 3.63) is 35.6 Å². The SMILES string of the molecule is CC(C)(C)S(=O)(=O)CC(=O)c1ccc(F)cc1. The fourth-order valence-corrected chi connectivity index (χ4v) is 2.05. The largest absolute Gasteiger partial charge is 0.293 e. The third-order valence-electron chi connectivity index (χ3n) is 2.42. The maximum atomic E-state index is 12.6. The smallest absolute Gasteiger partial charge is 0.177 e. The summed E-state index contributed by atoms with van der Waals surface area (Å²) in [7, 11) is -3.50. The molecule has 94 valence electrons. The van der Waals surface area contributed by atoms with Crippen LogP contribution in [0, 0.1) is 5.82 Å². The lowest BCUT2D eigenvalue weighted by Crippen LogP contribution is -2.33. The fraction of sp³-hybridized carbons (Fsp3) is 0.417. The summed E-state index contributed by atoms with van der Waals surface area (Å²) in [6.07, 6.45) is 0. The first-order valence-corrected chi connectivity index (χ1v) is 6.80. The minimum absolute atomic E-state index is 0.208. The Hall–Kier alpha value is -1.23. The highest BCUT2D eigenvalue weighted by molar-refractivity contribution is 7.93. The molecule has 0 bridgehead atoms. The van der Waals surface area contributed by atoms with Crippen molar-refractivity contribution in [2.75, 3.05) is 5.75 Å². The van der Waals surface area contributed by atoms with E-state index in [-0.39, 0.29) is 5.56 Å². The van der Waals surface area contributed by atoms with Gasteiger partial charge in [-0.2, -0.15) is 0 Å². The van der Waals surface area contributed by atoms with Crippen molar-refractivity contribution in [1.82, 2.24) is 0 Å². The summed E-state index contributed by atoms with van der Waals surface area (Å²) in [6, 6.07) is 4.85. The molecule has 0 heterocycles. The number of carbonyl (C=O) groups excluding carboxylic acids is 1. The third-order valence-corrected chi connectivity index (χ3v) is 4.93. The van der Waals surface area contributed by atoms with Crippen LogP contribution < -0.4 is 0 Å². The summed E-state index contributed by atoms with van der Waals surface area (Å²) < 4.78 is 35.3. The zero-order valence-corrected chi connectivity index (χ0v) is 10.8. The van der Waals surface area contributed by atoms with Crippen molar-refractivity contribution in [2.45, 2.75) is 25.5 Å². The van der Waals surface area contributed by atoms with Gasteiger partial charge in [0.25, 0.3) is 0 Å². The predicted octanol–water partition coefficient (Wildman–Crippen LogP) is 2.22. The van der Waals surface area contributed by atoms with E-state index >= 15 is 0 Å². The second-order valence-electron chi connectivity index (χ2n) is 4.80. The highest BCUT2D eigenvalue weighted by atomic mass is 32.2. The van der Waals surface area contributed by atoms with Crippen molar-refractivity contribution in [1.29, 1.82) is 0 Å². The van der Waals surface area contributed by atoms with E-state index in [1.165, 1.54) is 12.1 Å². The summed E-state index contributed by atoms with van der Waals surface area (Å²) in [5, 5.41) is 0. The van der Waals surface area contributed by atoms with Gasteiger partial charge in [-0.1, -0.05) is 0 Å². The Labute approximate surface area is 101 Å². The van der Waals surface area contributed by atoms with Gasteiger partial charge < -0.3 is 0 Å². The normalized spacial score (nSPS) is 12.5. The summed E-state index contributed by atoms with van der Waals surface area (Å²) in [6.45, 7) is 4.63. The van der Waals surface area contributed by atoms with Gasteiger partial charge in [-0.25, -0.2) is 12.8 Å². The molecular weight excluding hydrogens is 243 g/mol. The first-order chi connectivity index (χ1) is 7.63. The van der Waals surface area contributed by atoms with Crippen LogP contribution in [-0.2, 0) is 9.84 Å². The first kappa shape index (κ1) is 13.8. The van der Waals surface area contributed by atoms with E-state index in [1.54, 1.807) is 20.8 Å². The molecule has 0 aliphatic carbocycles. The van der Waals surface area contributed by atoms with Gasteiger partial charge in [0.15, 0.2) is 15.6 Å². The minimum Gasteiger partial charge on any atom is -0.293 e. The van der Waals surface area contributed by atoms with Crippen LogP contribution in [0.5, 0.6) is 0 Å². The molecule has 0 aromatic heterocycles. The Morgan fingerprint density at radius 2 is 1.65 bits per heavy atom. The number of rotatable bonds is 3. The number of carbonyl (C=O) groups is 1. The zero-order valence-electron chi connectivity index (χ0n) is 10.0. The Morgan fingerprint density at radius 3 is 2.06 bits per heavy atom. The molecule has 0 atom stereocenters. The predicted molar refractivity (Wildman–Crippen MR) is 64.3 cm³/mol. The monoisotopic (exact) mass is 258 g/mol. The summed E-state index contributed by atoms with van der Waals surface area (Å²) in [5.41, 5.74) is 0.208. The lowest BCUT2D eigenvalue weighted by Gasteiger charge is -2.18. The van der Waals surface area contributed by atoms with Gasteiger partial charge in [0.1, 0.15) is 11.6 Å². The van der Waals surface area contributed by atoms with Gasteiger partial charge in [-0.05, 0) is 45.0 Å².